The molecule has 0 aromatic rings. The second-order valence-corrected chi connectivity index (χ2v) is 8.37. The number of hydrogen-bond donors (Lipinski definition) is 0. The molecular formula is C23H48. The van der Waals surface area contributed by atoms with Crippen molar-refractivity contribution < 1.29 is 0 Å². The highest BCUT2D eigenvalue weighted by Gasteiger charge is 2.09. The van der Waals surface area contributed by atoms with Crippen molar-refractivity contribution in [2.45, 2.75) is 131 Å². The van der Waals surface area contributed by atoms with Gasteiger partial charge in [-0.1, -0.05) is 131 Å². The van der Waals surface area contributed by atoms with Gasteiger partial charge in [0.2, 0.25) is 0 Å². The maximum Gasteiger partial charge on any atom is -0.0417 e. The zero-order chi connectivity index (χ0) is 17.3. The molecule has 0 amide bonds. The van der Waals surface area contributed by atoms with Crippen molar-refractivity contribution in [1.82, 2.24) is 0 Å². The van der Waals surface area contributed by atoms with Crippen LogP contribution in [0.3, 0.4) is 0 Å². The molecule has 0 aromatic heterocycles. The molecule has 0 aromatic carbocycles. The molecule has 0 saturated carbocycles. The zero-order valence-electron chi connectivity index (χ0n) is 17.3. The summed E-state index contributed by atoms with van der Waals surface area (Å²) in [7, 11) is 0. The average molecular weight is 325 g/mol. The fourth-order valence-electron chi connectivity index (χ4n) is 3.59. The van der Waals surface area contributed by atoms with E-state index in [0.717, 1.165) is 17.8 Å². The lowest BCUT2D eigenvalue weighted by atomic mass is 9.89. The van der Waals surface area contributed by atoms with Gasteiger partial charge in [-0.05, 0) is 17.8 Å². The Morgan fingerprint density at radius 3 is 1.39 bits per heavy atom. The first-order valence-corrected chi connectivity index (χ1v) is 11.1. The van der Waals surface area contributed by atoms with Crippen molar-refractivity contribution in [1.29, 1.82) is 0 Å². The number of hydrogen-bond acceptors (Lipinski definition) is 0. The molecule has 0 radical (unpaired) electrons. The molecule has 23 heavy (non-hydrogen) atoms. The Labute approximate surface area is 149 Å². The lowest BCUT2D eigenvalue weighted by molar-refractivity contribution is 0.341. The summed E-state index contributed by atoms with van der Waals surface area (Å²) in [4.78, 5) is 0. The molecule has 0 heterocycles. The van der Waals surface area contributed by atoms with Gasteiger partial charge in [0.25, 0.3) is 0 Å². The van der Waals surface area contributed by atoms with E-state index >= 15 is 0 Å². The van der Waals surface area contributed by atoms with Crippen molar-refractivity contribution in [2.24, 2.45) is 17.8 Å². The van der Waals surface area contributed by atoms with Gasteiger partial charge in [0, 0.05) is 0 Å². The van der Waals surface area contributed by atoms with Crippen LogP contribution >= 0.6 is 0 Å². The van der Waals surface area contributed by atoms with Crippen LogP contribution in [-0.2, 0) is 0 Å². The molecule has 0 saturated heterocycles. The first-order chi connectivity index (χ1) is 11.1. The van der Waals surface area contributed by atoms with E-state index < -0.39 is 0 Å². The van der Waals surface area contributed by atoms with Gasteiger partial charge in [-0.2, -0.15) is 0 Å². The standard InChI is InChI=1S/C23H48/c1-6-8-9-10-12-15-18-21(3)19-16-13-11-14-17-20-23(5)22(4)7-2/h21-23H,6-20H2,1-5H3. The topological polar surface area (TPSA) is 0 Å². The molecule has 0 aliphatic heterocycles. The fraction of sp³-hybridized carbons (Fsp3) is 1.00. The molecule has 3 unspecified atom stereocenters. The monoisotopic (exact) mass is 324 g/mol. The molecule has 0 nitrogen and oxygen atoms in total. The van der Waals surface area contributed by atoms with Crippen LogP contribution in [-0.4, -0.2) is 0 Å². The van der Waals surface area contributed by atoms with Crippen LogP contribution in [0.4, 0.5) is 0 Å². The first-order valence-electron chi connectivity index (χ1n) is 11.1. The third kappa shape index (κ3) is 15.3. The van der Waals surface area contributed by atoms with E-state index in [0.29, 0.717) is 0 Å². The van der Waals surface area contributed by atoms with Crippen molar-refractivity contribution >= 4 is 0 Å². The van der Waals surface area contributed by atoms with E-state index in [1.165, 1.54) is 96.3 Å². The van der Waals surface area contributed by atoms with Crippen LogP contribution in [0.5, 0.6) is 0 Å². The molecule has 0 fully saturated rings. The minimum atomic E-state index is 0.915. The molecule has 0 heteroatoms. The highest BCUT2D eigenvalue weighted by molar-refractivity contribution is 4.61. The Morgan fingerprint density at radius 1 is 0.478 bits per heavy atom. The Bertz CT molecular complexity index is 220. The summed E-state index contributed by atoms with van der Waals surface area (Å²) in [5.41, 5.74) is 0. The smallest absolute Gasteiger partial charge is 0.0417 e. The molecule has 0 bridgehead atoms. The molecule has 0 aliphatic carbocycles. The zero-order valence-corrected chi connectivity index (χ0v) is 17.3. The normalized spacial score (nSPS) is 15.5. The molecule has 0 N–H and O–H groups in total. The highest BCUT2D eigenvalue weighted by Crippen LogP contribution is 2.22. The highest BCUT2D eigenvalue weighted by atomic mass is 14.1. The summed E-state index contributed by atoms with van der Waals surface area (Å²) >= 11 is 0. The lowest BCUT2D eigenvalue weighted by Crippen LogP contribution is -2.06. The van der Waals surface area contributed by atoms with Gasteiger partial charge in [0.1, 0.15) is 0 Å². The second-order valence-electron chi connectivity index (χ2n) is 8.37. The third-order valence-corrected chi connectivity index (χ3v) is 6.02. The summed E-state index contributed by atoms with van der Waals surface area (Å²) in [5.74, 6) is 2.81. The number of rotatable bonds is 17. The van der Waals surface area contributed by atoms with Crippen LogP contribution in [0, 0.1) is 17.8 Å². The van der Waals surface area contributed by atoms with E-state index in [4.69, 9.17) is 0 Å². The maximum atomic E-state index is 2.47. The van der Waals surface area contributed by atoms with E-state index in [-0.39, 0.29) is 0 Å². The summed E-state index contributed by atoms with van der Waals surface area (Å²) in [6.07, 6.45) is 21.7. The van der Waals surface area contributed by atoms with Gasteiger partial charge in [0.05, 0.1) is 0 Å². The van der Waals surface area contributed by atoms with Crippen LogP contribution in [0.15, 0.2) is 0 Å². The first kappa shape index (κ1) is 23.0. The van der Waals surface area contributed by atoms with Gasteiger partial charge in [0.15, 0.2) is 0 Å². The quantitative estimate of drug-likeness (QED) is 0.234. The molecular weight excluding hydrogens is 276 g/mol. The van der Waals surface area contributed by atoms with E-state index in [1.807, 2.05) is 0 Å². The fourth-order valence-corrected chi connectivity index (χ4v) is 3.59. The van der Waals surface area contributed by atoms with Crippen LogP contribution < -0.4 is 0 Å². The Hall–Kier alpha value is 0. The van der Waals surface area contributed by atoms with Gasteiger partial charge < -0.3 is 0 Å². The molecule has 0 spiro atoms. The van der Waals surface area contributed by atoms with Crippen LogP contribution in [0.25, 0.3) is 0 Å². The Balaban J connectivity index is 3.27. The predicted molar refractivity (Wildman–Crippen MR) is 108 cm³/mol. The van der Waals surface area contributed by atoms with Crippen molar-refractivity contribution in [3.8, 4) is 0 Å². The summed E-state index contributed by atoms with van der Waals surface area (Å²) in [6.45, 7) is 12.0. The SMILES string of the molecule is CCCCCCCCC(C)CCCCCCCC(C)C(C)CC. The summed E-state index contributed by atoms with van der Waals surface area (Å²) < 4.78 is 0. The number of unbranched alkanes of at least 4 members (excludes halogenated alkanes) is 9. The maximum absolute atomic E-state index is 2.47. The van der Waals surface area contributed by atoms with Gasteiger partial charge >= 0.3 is 0 Å². The van der Waals surface area contributed by atoms with Gasteiger partial charge in [-0.3, -0.25) is 0 Å². The molecule has 0 aliphatic rings. The molecule has 140 valence electrons. The third-order valence-electron chi connectivity index (χ3n) is 6.02. The van der Waals surface area contributed by atoms with E-state index in [2.05, 4.69) is 34.6 Å². The van der Waals surface area contributed by atoms with E-state index in [1.54, 1.807) is 0 Å². The van der Waals surface area contributed by atoms with Crippen molar-refractivity contribution in [2.75, 3.05) is 0 Å². The Kier molecular flexibility index (Phi) is 16.8. The molecule has 0 rings (SSSR count). The Morgan fingerprint density at radius 2 is 0.913 bits per heavy atom. The summed E-state index contributed by atoms with van der Waals surface area (Å²) in [5, 5.41) is 0. The minimum absolute atomic E-state index is 0.915. The lowest BCUT2D eigenvalue weighted by Gasteiger charge is -2.17. The van der Waals surface area contributed by atoms with E-state index in [9.17, 15) is 0 Å². The predicted octanol–water partition coefficient (Wildman–Crippen LogP) is 8.79. The minimum Gasteiger partial charge on any atom is -0.0654 e. The van der Waals surface area contributed by atoms with Crippen LogP contribution in [0.1, 0.15) is 131 Å². The second kappa shape index (κ2) is 16.8. The van der Waals surface area contributed by atoms with Crippen molar-refractivity contribution in [3.05, 3.63) is 0 Å². The summed E-state index contributed by atoms with van der Waals surface area (Å²) in [6, 6.07) is 0. The van der Waals surface area contributed by atoms with Gasteiger partial charge in [-0.25, -0.2) is 0 Å². The molecule has 3 atom stereocenters. The average Bonchev–Trinajstić information content (AvgIpc) is 2.56. The van der Waals surface area contributed by atoms with Gasteiger partial charge in [-0.15, -0.1) is 0 Å². The van der Waals surface area contributed by atoms with Crippen LogP contribution in [0.2, 0.25) is 0 Å². The largest absolute Gasteiger partial charge is 0.0654 e. The van der Waals surface area contributed by atoms with Crippen molar-refractivity contribution in [3.63, 3.8) is 0 Å².